The summed E-state index contributed by atoms with van der Waals surface area (Å²) in [6.45, 7) is 0.282. The SMILES string of the molecule is CNC(=O)N(CCCC(=O)O)c1ccc(Cl)c(Cl)c1. The van der Waals surface area contributed by atoms with Crippen LogP contribution < -0.4 is 10.2 Å². The molecule has 19 heavy (non-hydrogen) atoms. The Labute approximate surface area is 121 Å². The van der Waals surface area contributed by atoms with Gasteiger partial charge in [0.25, 0.3) is 0 Å². The number of carbonyl (C=O) groups is 2. The van der Waals surface area contributed by atoms with Gasteiger partial charge < -0.3 is 10.4 Å². The first-order valence-corrected chi connectivity index (χ1v) is 6.37. The Morgan fingerprint density at radius 3 is 2.53 bits per heavy atom. The lowest BCUT2D eigenvalue weighted by Gasteiger charge is -2.22. The molecule has 0 saturated carbocycles. The van der Waals surface area contributed by atoms with Gasteiger partial charge in [0.2, 0.25) is 0 Å². The Morgan fingerprint density at radius 1 is 1.32 bits per heavy atom. The number of hydrogen-bond donors (Lipinski definition) is 2. The first-order valence-electron chi connectivity index (χ1n) is 5.61. The van der Waals surface area contributed by atoms with Crippen LogP contribution in [0.4, 0.5) is 10.5 Å². The molecule has 5 nitrogen and oxygen atoms in total. The fourth-order valence-electron chi connectivity index (χ4n) is 1.52. The van der Waals surface area contributed by atoms with Crippen molar-refractivity contribution >= 4 is 40.9 Å². The van der Waals surface area contributed by atoms with E-state index in [1.165, 1.54) is 11.9 Å². The van der Waals surface area contributed by atoms with Crippen molar-refractivity contribution in [3.05, 3.63) is 28.2 Å². The molecule has 2 amide bonds. The van der Waals surface area contributed by atoms with Crippen molar-refractivity contribution in [3.63, 3.8) is 0 Å². The second kappa shape index (κ2) is 7.21. The normalized spacial score (nSPS) is 10.1. The number of nitrogens with one attached hydrogen (secondary N) is 1. The lowest BCUT2D eigenvalue weighted by Crippen LogP contribution is -2.39. The summed E-state index contributed by atoms with van der Waals surface area (Å²) in [4.78, 5) is 23.7. The molecule has 0 radical (unpaired) electrons. The molecule has 0 bridgehead atoms. The van der Waals surface area contributed by atoms with E-state index in [0.717, 1.165) is 0 Å². The quantitative estimate of drug-likeness (QED) is 0.878. The number of carboxylic acids is 1. The zero-order valence-electron chi connectivity index (χ0n) is 10.3. The van der Waals surface area contributed by atoms with Crippen LogP contribution in [-0.4, -0.2) is 30.7 Å². The molecule has 0 aromatic heterocycles. The Bertz CT molecular complexity index is 480. The van der Waals surface area contributed by atoms with Gasteiger partial charge in [-0.15, -0.1) is 0 Å². The van der Waals surface area contributed by atoms with E-state index in [1.54, 1.807) is 18.2 Å². The molecule has 0 fully saturated rings. The number of anilines is 1. The lowest BCUT2D eigenvalue weighted by atomic mass is 10.2. The molecule has 0 spiro atoms. The number of benzene rings is 1. The monoisotopic (exact) mass is 304 g/mol. The highest BCUT2D eigenvalue weighted by atomic mass is 35.5. The number of halogens is 2. The van der Waals surface area contributed by atoms with Gasteiger partial charge in [-0.1, -0.05) is 23.2 Å². The molecule has 2 N–H and O–H groups in total. The zero-order chi connectivity index (χ0) is 14.4. The predicted molar refractivity (Wildman–Crippen MR) is 75.1 cm³/mol. The third-order valence-electron chi connectivity index (χ3n) is 2.45. The van der Waals surface area contributed by atoms with Crippen LogP contribution in [0.1, 0.15) is 12.8 Å². The van der Waals surface area contributed by atoms with E-state index in [1.807, 2.05) is 0 Å². The predicted octanol–water partition coefficient (Wildman–Crippen LogP) is 3.00. The van der Waals surface area contributed by atoms with Crippen LogP contribution in [0, 0.1) is 0 Å². The average molecular weight is 305 g/mol. The van der Waals surface area contributed by atoms with Crippen molar-refractivity contribution in [1.82, 2.24) is 5.32 Å². The highest BCUT2D eigenvalue weighted by Crippen LogP contribution is 2.27. The molecular formula is C12H14Cl2N2O3. The maximum Gasteiger partial charge on any atom is 0.321 e. The molecule has 1 aromatic carbocycles. The van der Waals surface area contributed by atoms with Gasteiger partial charge in [-0.2, -0.15) is 0 Å². The van der Waals surface area contributed by atoms with Crippen LogP contribution in [-0.2, 0) is 4.79 Å². The van der Waals surface area contributed by atoms with Crippen LogP contribution in [0.5, 0.6) is 0 Å². The number of carboxylic acid groups (broad SMARTS) is 1. The summed E-state index contributed by atoms with van der Waals surface area (Å²) >= 11 is 11.7. The van der Waals surface area contributed by atoms with Gasteiger partial charge in [0.1, 0.15) is 0 Å². The molecule has 1 rings (SSSR count). The van der Waals surface area contributed by atoms with Crippen molar-refractivity contribution in [2.75, 3.05) is 18.5 Å². The molecule has 0 unspecified atom stereocenters. The van der Waals surface area contributed by atoms with Crippen molar-refractivity contribution < 1.29 is 14.7 Å². The van der Waals surface area contributed by atoms with Gasteiger partial charge >= 0.3 is 12.0 Å². The summed E-state index contributed by atoms with van der Waals surface area (Å²) in [7, 11) is 1.50. The van der Waals surface area contributed by atoms with Crippen molar-refractivity contribution in [3.8, 4) is 0 Å². The number of carbonyl (C=O) groups excluding carboxylic acids is 1. The summed E-state index contributed by atoms with van der Waals surface area (Å²) in [5.74, 6) is -0.897. The summed E-state index contributed by atoms with van der Waals surface area (Å²) in [5.41, 5.74) is 0.569. The van der Waals surface area contributed by atoms with Crippen molar-refractivity contribution in [2.45, 2.75) is 12.8 Å². The standard InChI is InChI=1S/C12H14Cl2N2O3/c1-15-12(19)16(6-2-3-11(17)18)8-4-5-9(13)10(14)7-8/h4-5,7H,2-3,6H2,1H3,(H,15,19)(H,17,18). The Balaban J connectivity index is 2.86. The van der Waals surface area contributed by atoms with Gasteiger partial charge in [-0.05, 0) is 24.6 Å². The van der Waals surface area contributed by atoms with E-state index >= 15 is 0 Å². The minimum Gasteiger partial charge on any atom is -0.481 e. The largest absolute Gasteiger partial charge is 0.481 e. The second-order valence-electron chi connectivity index (χ2n) is 3.80. The van der Waals surface area contributed by atoms with Gasteiger partial charge in [0.15, 0.2) is 0 Å². The number of amides is 2. The van der Waals surface area contributed by atoms with Crippen molar-refractivity contribution in [1.29, 1.82) is 0 Å². The van der Waals surface area contributed by atoms with Gasteiger partial charge in [0, 0.05) is 25.7 Å². The van der Waals surface area contributed by atoms with E-state index in [2.05, 4.69) is 5.32 Å². The van der Waals surface area contributed by atoms with Crippen LogP contribution in [0.25, 0.3) is 0 Å². The van der Waals surface area contributed by atoms with Crippen LogP contribution in [0.2, 0.25) is 10.0 Å². The highest BCUT2D eigenvalue weighted by Gasteiger charge is 2.15. The smallest absolute Gasteiger partial charge is 0.321 e. The summed E-state index contributed by atoms with van der Waals surface area (Å²) in [6, 6.07) is 4.49. The van der Waals surface area contributed by atoms with E-state index in [-0.39, 0.29) is 19.0 Å². The molecular weight excluding hydrogens is 291 g/mol. The minimum absolute atomic E-state index is 0.00514. The van der Waals surface area contributed by atoms with Gasteiger partial charge in [-0.25, -0.2) is 4.79 Å². The molecule has 104 valence electrons. The Morgan fingerprint density at radius 2 is 2.00 bits per heavy atom. The Hall–Kier alpha value is -1.46. The molecule has 1 aromatic rings. The summed E-state index contributed by atoms with van der Waals surface area (Å²) in [5, 5.41) is 11.9. The number of hydrogen-bond acceptors (Lipinski definition) is 2. The molecule has 0 saturated heterocycles. The maximum absolute atomic E-state index is 11.8. The second-order valence-corrected chi connectivity index (χ2v) is 4.62. The fourth-order valence-corrected chi connectivity index (χ4v) is 1.82. The molecule has 7 heteroatoms. The lowest BCUT2D eigenvalue weighted by molar-refractivity contribution is -0.137. The Kier molecular flexibility index (Phi) is 5.92. The third-order valence-corrected chi connectivity index (χ3v) is 3.19. The first-order chi connectivity index (χ1) is 8.95. The van der Waals surface area contributed by atoms with Crippen LogP contribution in [0.15, 0.2) is 18.2 Å². The third kappa shape index (κ3) is 4.61. The van der Waals surface area contributed by atoms with Gasteiger partial charge in [0.05, 0.1) is 10.0 Å². The van der Waals surface area contributed by atoms with E-state index in [4.69, 9.17) is 28.3 Å². The fraction of sp³-hybridized carbons (Fsp3) is 0.333. The van der Waals surface area contributed by atoms with E-state index < -0.39 is 5.97 Å². The molecule has 0 aliphatic carbocycles. The number of urea groups is 1. The van der Waals surface area contributed by atoms with Crippen LogP contribution >= 0.6 is 23.2 Å². The summed E-state index contributed by atoms with van der Waals surface area (Å²) in [6.07, 6.45) is 0.345. The molecule has 0 heterocycles. The van der Waals surface area contributed by atoms with E-state index in [9.17, 15) is 9.59 Å². The zero-order valence-corrected chi connectivity index (χ0v) is 11.8. The van der Waals surface area contributed by atoms with Gasteiger partial charge in [-0.3, -0.25) is 9.69 Å². The van der Waals surface area contributed by atoms with Crippen molar-refractivity contribution in [2.24, 2.45) is 0 Å². The number of nitrogens with zero attached hydrogens (tertiary/aromatic N) is 1. The maximum atomic E-state index is 11.8. The number of aliphatic carboxylic acids is 1. The molecule has 0 aliphatic heterocycles. The highest BCUT2D eigenvalue weighted by molar-refractivity contribution is 6.42. The first kappa shape index (κ1) is 15.6. The molecule has 0 aliphatic rings. The van der Waals surface area contributed by atoms with Crippen LogP contribution in [0.3, 0.4) is 0 Å². The topological polar surface area (TPSA) is 69.6 Å². The van der Waals surface area contributed by atoms with E-state index in [0.29, 0.717) is 22.2 Å². The molecule has 0 atom stereocenters. The number of rotatable bonds is 5. The minimum atomic E-state index is -0.897. The summed E-state index contributed by atoms with van der Waals surface area (Å²) < 4.78 is 0. The average Bonchev–Trinajstić information content (AvgIpc) is 2.37.